The lowest BCUT2D eigenvalue weighted by Gasteiger charge is -2.07. The smallest absolute Gasteiger partial charge is 0.261 e. The third-order valence-corrected chi connectivity index (χ3v) is 4.45. The van der Waals surface area contributed by atoms with Crippen LogP contribution >= 0.6 is 11.3 Å². The Bertz CT molecular complexity index is 603. The van der Waals surface area contributed by atoms with Crippen LogP contribution in [-0.4, -0.2) is 25.7 Å². The van der Waals surface area contributed by atoms with E-state index in [1.165, 1.54) is 11.3 Å². The van der Waals surface area contributed by atoms with Crippen LogP contribution in [0, 0.1) is 5.92 Å². The summed E-state index contributed by atoms with van der Waals surface area (Å²) in [5, 5.41) is 4.00. The van der Waals surface area contributed by atoms with E-state index in [9.17, 15) is 4.79 Å². The standard InChI is InChI=1S/C14H16N2O2S/c15-11-1-2-12-10(5-11)6-13(19-12)14(17)16-7-9-3-4-18-8-9/h1-2,5-6,9H,3-4,7-8,15H2,(H,16,17). The van der Waals surface area contributed by atoms with Crippen molar-refractivity contribution >= 4 is 33.0 Å². The number of rotatable bonds is 3. The summed E-state index contributed by atoms with van der Waals surface area (Å²) in [5.41, 5.74) is 6.46. The molecule has 2 heterocycles. The van der Waals surface area contributed by atoms with E-state index >= 15 is 0 Å². The molecule has 3 N–H and O–H groups in total. The number of benzene rings is 1. The first-order valence-corrected chi connectivity index (χ1v) is 7.19. The fourth-order valence-electron chi connectivity index (χ4n) is 2.24. The normalized spacial score (nSPS) is 18.8. The highest BCUT2D eigenvalue weighted by atomic mass is 32.1. The first kappa shape index (κ1) is 12.4. The maximum Gasteiger partial charge on any atom is 0.261 e. The number of amides is 1. The summed E-state index contributed by atoms with van der Waals surface area (Å²) in [6.45, 7) is 2.25. The number of anilines is 1. The third kappa shape index (κ3) is 2.72. The van der Waals surface area contributed by atoms with Crippen LogP contribution in [0.3, 0.4) is 0 Å². The summed E-state index contributed by atoms with van der Waals surface area (Å²) >= 11 is 1.50. The Balaban J connectivity index is 1.70. The molecule has 2 aromatic rings. The molecule has 1 aliphatic rings. The second-order valence-corrected chi connectivity index (χ2v) is 5.93. The molecule has 19 heavy (non-hydrogen) atoms. The van der Waals surface area contributed by atoms with E-state index in [4.69, 9.17) is 10.5 Å². The Hall–Kier alpha value is -1.59. The Morgan fingerprint density at radius 3 is 3.16 bits per heavy atom. The minimum atomic E-state index is -0.00771. The third-order valence-electron chi connectivity index (χ3n) is 3.34. The average Bonchev–Trinajstić information content (AvgIpc) is 3.04. The van der Waals surface area contributed by atoms with Gasteiger partial charge in [-0.1, -0.05) is 0 Å². The number of carbonyl (C=O) groups excluding carboxylic acids is 1. The quantitative estimate of drug-likeness (QED) is 0.845. The Kier molecular flexibility index (Phi) is 3.40. The number of nitrogens with two attached hydrogens (primary N) is 1. The predicted octanol–water partition coefficient (Wildman–Crippen LogP) is 2.25. The fraction of sp³-hybridized carbons (Fsp3) is 0.357. The van der Waals surface area contributed by atoms with Gasteiger partial charge in [0.25, 0.3) is 5.91 Å². The van der Waals surface area contributed by atoms with Gasteiger partial charge in [0.15, 0.2) is 0 Å². The van der Waals surface area contributed by atoms with Crippen LogP contribution in [0.2, 0.25) is 0 Å². The topological polar surface area (TPSA) is 64.4 Å². The molecule has 4 nitrogen and oxygen atoms in total. The number of thiophene rings is 1. The average molecular weight is 276 g/mol. The van der Waals surface area contributed by atoms with Crippen molar-refractivity contribution in [3.63, 3.8) is 0 Å². The van der Waals surface area contributed by atoms with Crippen LogP contribution in [-0.2, 0) is 4.74 Å². The van der Waals surface area contributed by atoms with Gasteiger partial charge in [-0.05, 0) is 36.1 Å². The summed E-state index contributed by atoms with van der Waals surface area (Å²) in [7, 11) is 0. The molecule has 0 bridgehead atoms. The summed E-state index contributed by atoms with van der Waals surface area (Å²) in [6, 6.07) is 7.61. The minimum Gasteiger partial charge on any atom is -0.399 e. The first-order valence-electron chi connectivity index (χ1n) is 6.37. The van der Waals surface area contributed by atoms with Gasteiger partial charge in [0.1, 0.15) is 0 Å². The maximum absolute atomic E-state index is 12.1. The molecule has 5 heteroatoms. The van der Waals surface area contributed by atoms with E-state index in [1.54, 1.807) is 0 Å². The monoisotopic (exact) mass is 276 g/mol. The first-order chi connectivity index (χ1) is 9.22. The second kappa shape index (κ2) is 5.19. The van der Waals surface area contributed by atoms with Crippen LogP contribution in [0.15, 0.2) is 24.3 Å². The molecule has 3 rings (SSSR count). The number of nitrogen functional groups attached to an aromatic ring is 1. The summed E-state index contributed by atoms with van der Waals surface area (Å²) in [5.74, 6) is 0.445. The van der Waals surface area contributed by atoms with E-state index in [-0.39, 0.29) is 5.91 Å². The molecule has 1 aromatic carbocycles. The largest absolute Gasteiger partial charge is 0.399 e. The van der Waals surface area contributed by atoms with E-state index in [0.717, 1.165) is 40.3 Å². The zero-order valence-electron chi connectivity index (χ0n) is 10.5. The predicted molar refractivity (Wildman–Crippen MR) is 77.5 cm³/mol. The molecule has 0 aliphatic carbocycles. The zero-order valence-corrected chi connectivity index (χ0v) is 11.3. The molecule has 1 fully saturated rings. The van der Waals surface area contributed by atoms with Crippen LogP contribution in [0.4, 0.5) is 5.69 Å². The summed E-state index contributed by atoms with van der Waals surface area (Å²) < 4.78 is 6.38. The van der Waals surface area contributed by atoms with Gasteiger partial charge in [0.05, 0.1) is 11.5 Å². The lowest BCUT2D eigenvalue weighted by molar-refractivity contribution is 0.0949. The fourth-order valence-corrected chi connectivity index (χ4v) is 3.20. The molecule has 100 valence electrons. The molecule has 1 atom stereocenters. The zero-order chi connectivity index (χ0) is 13.2. The van der Waals surface area contributed by atoms with Gasteiger partial charge < -0.3 is 15.8 Å². The Morgan fingerprint density at radius 2 is 2.37 bits per heavy atom. The number of nitrogens with one attached hydrogen (secondary N) is 1. The van der Waals surface area contributed by atoms with Crippen molar-refractivity contribution in [2.75, 3.05) is 25.5 Å². The molecule has 0 spiro atoms. The van der Waals surface area contributed by atoms with Crippen LogP contribution in [0.1, 0.15) is 16.1 Å². The highest BCUT2D eigenvalue weighted by molar-refractivity contribution is 7.20. The number of fused-ring (bicyclic) bond motifs is 1. The maximum atomic E-state index is 12.1. The van der Waals surface area contributed by atoms with Gasteiger partial charge in [-0.2, -0.15) is 0 Å². The van der Waals surface area contributed by atoms with Gasteiger partial charge in [-0.3, -0.25) is 4.79 Å². The highest BCUT2D eigenvalue weighted by Gasteiger charge is 2.17. The van der Waals surface area contributed by atoms with Crippen molar-refractivity contribution in [2.45, 2.75) is 6.42 Å². The van der Waals surface area contributed by atoms with Crippen LogP contribution in [0.25, 0.3) is 10.1 Å². The van der Waals surface area contributed by atoms with Gasteiger partial charge in [0.2, 0.25) is 0 Å². The van der Waals surface area contributed by atoms with Crippen LogP contribution in [0.5, 0.6) is 0 Å². The van der Waals surface area contributed by atoms with Crippen molar-refractivity contribution < 1.29 is 9.53 Å². The molecular weight excluding hydrogens is 260 g/mol. The highest BCUT2D eigenvalue weighted by Crippen LogP contribution is 2.27. The van der Waals surface area contributed by atoms with E-state index in [2.05, 4.69) is 5.32 Å². The van der Waals surface area contributed by atoms with Gasteiger partial charge in [0, 0.05) is 29.5 Å². The molecular formula is C14H16N2O2S. The second-order valence-electron chi connectivity index (χ2n) is 4.85. The van der Waals surface area contributed by atoms with E-state index in [1.807, 2.05) is 24.3 Å². The lowest BCUT2D eigenvalue weighted by atomic mass is 10.1. The van der Waals surface area contributed by atoms with Crippen molar-refractivity contribution in [2.24, 2.45) is 5.92 Å². The summed E-state index contributed by atoms with van der Waals surface area (Å²) in [4.78, 5) is 12.8. The van der Waals surface area contributed by atoms with Crippen molar-refractivity contribution in [1.82, 2.24) is 5.32 Å². The molecule has 1 aromatic heterocycles. The number of hydrogen-bond acceptors (Lipinski definition) is 4. The van der Waals surface area contributed by atoms with Gasteiger partial charge in [-0.15, -0.1) is 11.3 Å². The molecule has 1 aliphatic heterocycles. The molecule has 1 unspecified atom stereocenters. The van der Waals surface area contributed by atoms with Crippen molar-refractivity contribution in [1.29, 1.82) is 0 Å². The molecule has 0 radical (unpaired) electrons. The summed E-state index contributed by atoms with van der Waals surface area (Å²) in [6.07, 6.45) is 1.03. The van der Waals surface area contributed by atoms with Crippen molar-refractivity contribution in [3.05, 3.63) is 29.1 Å². The number of carbonyl (C=O) groups is 1. The van der Waals surface area contributed by atoms with E-state index < -0.39 is 0 Å². The van der Waals surface area contributed by atoms with Gasteiger partial charge in [-0.25, -0.2) is 0 Å². The Labute approximate surface area is 115 Å². The molecule has 0 saturated carbocycles. The lowest BCUT2D eigenvalue weighted by Crippen LogP contribution is -2.28. The molecule has 1 saturated heterocycles. The van der Waals surface area contributed by atoms with Gasteiger partial charge >= 0.3 is 0 Å². The Morgan fingerprint density at radius 1 is 1.47 bits per heavy atom. The number of hydrogen-bond donors (Lipinski definition) is 2. The number of ether oxygens (including phenoxy) is 1. The van der Waals surface area contributed by atoms with Crippen molar-refractivity contribution in [3.8, 4) is 0 Å². The van der Waals surface area contributed by atoms with Crippen LogP contribution < -0.4 is 11.1 Å². The molecule has 1 amide bonds. The SMILES string of the molecule is Nc1ccc2sc(C(=O)NCC3CCOC3)cc2c1. The minimum absolute atomic E-state index is 0.00771. The van der Waals surface area contributed by atoms with E-state index in [0.29, 0.717) is 12.5 Å².